The molecular formula is C15H14F3N. The second kappa shape index (κ2) is 5.05. The van der Waals surface area contributed by atoms with E-state index in [0.717, 1.165) is 6.07 Å². The second-order valence-corrected chi connectivity index (χ2v) is 4.81. The average molecular weight is 265 g/mol. The van der Waals surface area contributed by atoms with Gasteiger partial charge in [0.05, 0.1) is 0 Å². The predicted octanol–water partition coefficient (Wildman–Crippen LogP) is 3.52. The van der Waals surface area contributed by atoms with Crippen molar-refractivity contribution in [3.8, 4) is 0 Å². The molecular weight excluding hydrogens is 251 g/mol. The Morgan fingerprint density at radius 1 is 1.00 bits per heavy atom. The maximum Gasteiger partial charge on any atom is 0.162 e. The summed E-state index contributed by atoms with van der Waals surface area (Å²) in [5.41, 5.74) is 6.09. The summed E-state index contributed by atoms with van der Waals surface area (Å²) in [5, 5.41) is 0. The molecule has 0 aliphatic heterocycles. The summed E-state index contributed by atoms with van der Waals surface area (Å²) < 4.78 is 39.6. The number of nitrogens with two attached hydrogens (primary N) is 1. The van der Waals surface area contributed by atoms with Gasteiger partial charge in [-0.2, -0.15) is 0 Å². The molecule has 2 aromatic carbocycles. The molecule has 0 fully saturated rings. The van der Waals surface area contributed by atoms with Crippen LogP contribution in [-0.4, -0.2) is 0 Å². The molecule has 1 atom stereocenters. The minimum absolute atomic E-state index is 0.127. The van der Waals surface area contributed by atoms with Gasteiger partial charge in [0.25, 0.3) is 0 Å². The third-order valence-electron chi connectivity index (χ3n) is 3.09. The molecule has 0 bridgehead atoms. The van der Waals surface area contributed by atoms with E-state index >= 15 is 0 Å². The second-order valence-electron chi connectivity index (χ2n) is 4.81. The van der Waals surface area contributed by atoms with E-state index in [4.69, 9.17) is 5.73 Å². The summed E-state index contributed by atoms with van der Waals surface area (Å²) in [4.78, 5) is 0. The van der Waals surface area contributed by atoms with Crippen LogP contribution in [0.5, 0.6) is 0 Å². The lowest BCUT2D eigenvalue weighted by Gasteiger charge is -2.25. The molecule has 19 heavy (non-hydrogen) atoms. The maximum absolute atomic E-state index is 13.6. The number of benzene rings is 2. The third kappa shape index (κ3) is 2.96. The van der Waals surface area contributed by atoms with Gasteiger partial charge in [0.1, 0.15) is 5.82 Å². The Balaban J connectivity index is 2.30. The van der Waals surface area contributed by atoms with Gasteiger partial charge >= 0.3 is 0 Å². The average Bonchev–Trinajstić information content (AvgIpc) is 2.35. The summed E-state index contributed by atoms with van der Waals surface area (Å²) in [6, 6.07) is 9.68. The van der Waals surface area contributed by atoms with Crippen molar-refractivity contribution in [2.75, 3.05) is 0 Å². The van der Waals surface area contributed by atoms with Crippen LogP contribution in [0.3, 0.4) is 0 Å². The number of rotatable bonds is 3. The molecule has 0 saturated carbocycles. The number of hydrogen-bond donors (Lipinski definition) is 1. The summed E-state index contributed by atoms with van der Waals surface area (Å²) in [6.07, 6.45) is 0.127. The van der Waals surface area contributed by atoms with Crippen LogP contribution in [0.25, 0.3) is 0 Å². The molecule has 0 saturated heterocycles. The Kier molecular flexibility index (Phi) is 3.62. The van der Waals surface area contributed by atoms with E-state index < -0.39 is 17.2 Å². The molecule has 0 heterocycles. The highest BCUT2D eigenvalue weighted by molar-refractivity contribution is 5.29. The molecule has 2 aromatic rings. The summed E-state index contributed by atoms with van der Waals surface area (Å²) in [6.45, 7) is 1.70. The Morgan fingerprint density at radius 2 is 1.63 bits per heavy atom. The van der Waals surface area contributed by atoms with Gasteiger partial charge in [0.2, 0.25) is 0 Å². The third-order valence-corrected chi connectivity index (χ3v) is 3.09. The molecule has 0 aromatic heterocycles. The SMILES string of the molecule is CC(N)(Cc1cccc(F)c1F)c1ccc(F)cc1. The first-order valence-corrected chi connectivity index (χ1v) is 5.88. The van der Waals surface area contributed by atoms with Crippen LogP contribution in [0, 0.1) is 17.5 Å². The van der Waals surface area contributed by atoms with Gasteiger partial charge in [-0.1, -0.05) is 24.3 Å². The minimum Gasteiger partial charge on any atom is -0.321 e. The van der Waals surface area contributed by atoms with Crippen molar-refractivity contribution in [3.05, 3.63) is 71.0 Å². The molecule has 1 nitrogen and oxygen atoms in total. The fraction of sp³-hybridized carbons (Fsp3) is 0.200. The van der Waals surface area contributed by atoms with E-state index in [9.17, 15) is 13.2 Å². The van der Waals surface area contributed by atoms with Gasteiger partial charge < -0.3 is 5.73 Å². The molecule has 2 rings (SSSR count). The Bertz CT molecular complexity index is 576. The standard InChI is InChI=1S/C15H14F3N/c1-15(19,11-5-7-12(16)8-6-11)9-10-3-2-4-13(17)14(10)18/h2-8H,9,19H2,1H3. The number of halogens is 3. The quantitative estimate of drug-likeness (QED) is 0.902. The van der Waals surface area contributed by atoms with Crippen molar-refractivity contribution < 1.29 is 13.2 Å². The molecule has 0 aliphatic rings. The van der Waals surface area contributed by atoms with Crippen LogP contribution < -0.4 is 5.73 Å². The van der Waals surface area contributed by atoms with Crippen molar-refractivity contribution in [1.29, 1.82) is 0 Å². The summed E-state index contributed by atoms with van der Waals surface area (Å²) in [7, 11) is 0. The predicted molar refractivity (Wildman–Crippen MR) is 68.0 cm³/mol. The monoisotopic (exact) mass is 265 g/mol. The van der Waals surface area contributed by atoms with Crippen molar-refractivity contribution in [3.63, 3.8) is 0 Å². The van der Waals surface area contributed by atoms with E-state index in [0.29, 0.717) is 5.56 Å². The first-order chi connectivity index (χ1) is 8.90. The van der Waals surface area contributed by atoms with E-state index in [1.807, 2.05) is 0 Å². The molecule has 100 valence electrons. The molecule has 0 radical (unpaired) electrons. The minimum atomic E-state index is -0.900. The summed E-state index contributed by atoms with van der Waals surface area (Å²) in [5.74, 6) is -2.15. The first kappa shape index (κ1) is 13.6. The highest BCUT2D eigenvalue weighted by Crippen LogP contribution is 2.25. The van der Waals surface area contributed by atoms with E-state index in [1.165, 1.54) is 24.3 Å². The lowest BCUT2D eigenvalue weighted by Crippen LogP contribution is -2.35. The maximum atomic E-state index is 13.6. The van der Waals surface area contributed by atoms with Gasteiger partial charge in [-0.3, -0.25) is 0 Å². The molecule has 2 N–H and O–H groups in total. The first-order valence-electron chi connectivity index (χ1n) is 5.88. The van der Waals surface area contributed by atoms with Crippen LogP contribution >= 0.6 is 0 Å². The smallest absolute Gasteiger partial charge is 0.162 e. The number of hydrogen-bond acceptors (Lipinski definition) is 1. The van der Waals surface area contributed by atoms with Gasteiger partial charge in [0.15, 0.2) is 11.6 Å². The van der Waals surface area contributed by atoms with Gasteiger partial charge in [-0.05, 0) is 42.7 Å². The lowest BCUT2D eigenvalue weighted by atomic mass is 9.86. The van der Waals surface area contributed by atoms with Gasteiger partial charge in [-0.25, -0.2) is 13.2 Å². The molecule has 0 spiro atoms. The largest absolute Gasteiger partial charge is 0.321 e. The van der Waals surface area contributed by atoms with Gasteiger partial charge in [-0.15, -0.1) is 0 Å². The zero-order valence-electron chi connectivity index (χ0n) is 10.5. The fourth-order valence-electron chi connectivity index (χ4n) is 2.01. The van der Waals surface area contributed by atoms with Gasteiger partial charge in [0, 0.05) is 5.54 Å². The van der Waals surface area contributed by atoms with Crippen LogP contribution in [-0.2, 0) is 12.0 Å². The van der Waals surface area contributed by atoms with E-state index in [-0.39, 0.29) is 17.8 Å². The highest BCUT2D eigenvalue weighted by Gasteiger charge is 2.24. The topological polar surface area (TPSA) is 26.0 Å². The van der Waals surface area contributed by atoms with Crippen LogP contribution in [0.15, 0.2) is 42.5 Å². The van der Waals surface area contributed by atoms with Crippen LogP contribution in [0.2, 0.25) is 0 Å². The molecule has 4 heteroatoms. The van der Waals surface area contributed by atoms with Crippen molar-refractivity contribution in [1.82, 2.24) is 0 Å². The Morgan fingerprint density at radius 3 is 2.26 bits per heavy atom. The van der Waals surface area contributed by atoms with Crippen molar-refractivity contribution in [2.45, 2.75) is 18.9 Å². The zero-order valence-corrected chi connectivity index (χ0v) is 10.5. The highest BCUT2D eigenvalue weighted by atomic mass is 19.2. The van der Waals surface area contributed by atoms with Crippen LogP contribution in [0.4, 0.5) is 13.2 Å². The fourth-order valence-corrected chi connectivity index (χ4v) is 2.01. The van der Waals surface area contributed by atoms with Crippen LogP contribution in [0.1, 0.15) is 18.1 Å². The Hall–Kier alpha value is -1.81. The lowest BCUT2D eigenvalue weighted by molar-refractivity contribution is 0.453. The van der Waals surface area contributed by atoms with E-state index in [2.05, 4.69) is 0 Å². The summed E-state index contributed by atoms with van der Waals surface area (Å²) >= 11 is 0. The van der Waals surface area contributed by atoms with E-state index in [1.54, 1.807) is 19.1 Å². The van der Waals surface area contributed by atoms with Crippen molar-refractivity contribution >= 4 is 0 Å². The zero-order chi connectivity index (χ0) is 14.0. The van der Waals surface area contributed by atoms with Crippen molar-refractivity contribution in [2.24, 2.45) is 5.73 Å². The molecule has 1 unspecified atom stereocenters. The molecule has 0 aliphatic carbocycles. The Labute approximate surface area is 109 Å². The molecule has 0 amide bonds. The normalized spacial score (nSPS) is 14.2.